The number of aromatic nitrogens is 3. The van der Waals surface area contributed by atoms with Crippen LogP contribution in [0.2, 0.25) is 0 Å². The van der Waals surface area contributed by atoms with Gasteiger partial charge in [-0.05, 0) is 46.0 Å². The summed E-state index contributed by atoms with van der Waals surface area (Å²) in [6.45, 7) is 7.67. The van der Waals surface area contributed by atoms with Gasteiger partial charge in [0.2, 0.25) is 0 Å². The summed E-state index contributed by atoms with van der Waals surface area (Å²) in [7, 11) is 1.98. The first-order valence-corrected chi connectivity index (χ1v) is 10.7. The lowest BCUT2D eigenvalue weighted by atomic mass is 9.89. The van der Waals surface area contributed by atoms with Crippen LogP contribution in [0.25, 0.3) is 0 Å². The summed E-state index contributed by atoms with van der Waals surface area (Å²) in [4.78, 5) is 4.78. The van der Waals surface area contributed by atoms with Crippen LogP contribution in [0.1, 0.15) is 63.5 Å². The summed E-state index contributed by atoms with van der Waals surface area (Å²) in [5, 5.41) is 15.5. The number of rotatable bonds is 8. The molecule has 1 unspecified atom stereocenters. The van der Waals surface area contributed by atoms with E-state index in [9.17, 15) is 0 Å². The van der Waals surface area contributed by atoms with E-state index in [2.05, 4.69) is 20.8 Å². The Bertz CT molecular complexity index is 645. The van der Waals surface area contributed by atoms with Gasteiger partial charge in [-0.3, -0.25) is 0 Å². The van der Waals surface area contributed by atoms with Crippen LogP contribution in [-0.4, -0.2) is 58.7 Å². The third-order valence-corrected chi connectivity index (χ3v) is 5.87. The van der Waals surface area contributed by atoms with Gasteiger partial charge in [0, 0.05) is 39.5 Å². The highest BCUT2D eigenvalue weighted by Crippen LogP contribution is 2.39. The molecule has 0 aromatic carbocycles. The van der Waals surface area contributed by atoms with Crippen LogP contribution in [0.15, 0.2) is 4.99 Å². The number of hydrogen-bond donors (Lipinski definition) is 2. The summed E-state index contributed by atoms with van der Waals surface area (Å²) in [5.41, 5.74) is 0.0939. The van der Waals surface area contributed by atoms with E-state index in [1.165, 1.54) is 25.7 Å². The van der Waals surface area contributed by atoms with Gasteiger partial charge in [-0.15, -0.1) is 34.2 Å². The van der Waals surface area contributed by atoms with Crippen LogP contribution in [0.3, 0.4) is 0 Å². The molecule has 2 N–H and O–H groups in total. The second-order valence-corrected chi connectivity index (χ2v) is 7.94. The fourth-order valence-corrected chi connectivity index (χ4v) is 4.13. The topological polar surface area (TPSA) is 85.6 Å². The van der Waals surface area contributed by atoms with E-state index in [1.807, 2.05) is 25.5 Å². The normalized spacial score (nSPS) is 21.2. The predicted molar refractivity (Wildman–Crippen MR) is 125 cm³/mol. The maximum Gasteiger partial charge on any atom is 0.191 e. The van der Waals surface area contributed by atoms with Crippen LogP contribution >= 0.6 is 24.0 Å². The number of hydrogen-bond acceptors (Lipinski definition) is 5. The predicted octanol–water partition coefficient (Wildman–Crippen LogP) is 2.70. The third-order valence-electron chi connectivity index (χ3n) is 5.87. The second-order valence-electron chi connectivity index (χ2n) is 7.94. The maximum atomic E-state index is 6.17. The molecule has 3 rings (SSSR count). The Balaban J connectivity index is 0.00000300. The summed E-state index contributed by atoms with van der Waals surface area (Å²) in [6, 6.07) is 0.395. The molecule has 166 valence electrons. The van der Waals surface area contributed by atoms with Crippen molar-refractivity contribution in [2.24, 2.45) is 12.0 Å². The van der Waals surface area contributed by atoms with E-state index in [1.54, 1.807) is 0 Å². The molecule has 8 nitrogen and oxygen atoms in total. The Kier molecular flexibility index (Phi) is 10.1. The van der Waals surface area contributed by atoms with E-state index in [-0.39, 0.29) is 29.6 Å². The lowest BCUT2D eigenvalue weighted by Gasteiger charge is -2.39. The molecule has 0 radical (unpaired) electrons. The van der Waals surface area contributed by atoms with Crippen LogP contribution < -0.4 is 10.6 Å². The molecule has 29 heavy (non-hydrogen) atoms. The van der Waals surface area contributed by atoms with Gasteiger partial charge in [0.15, 0.2) is 11.8 Å². The largest absolute Gasteiger partial charge is 0.382 e. The lowest BCUT2D eigenvalue weighted by molar-refractivity contribution is -0.0815. The fourth-order valence-electron chi connectivity index (χ4n) is 4.13. The van der Waals surface area contributed by atoms with Gasteiger partial charge in [-0.1, -0.05) is 12.8 Å². The van der Waals surface area contributed by atoms with Gasteiger partial charge >= 0.3 is 0 Å². The van der Waals surface area contributed by atoms with Crippen molar-refractivity contribution >= 4 is 29.9 Å². The molecule has 2 fully saturated rings. The van der Waals surface area contributed by atoms with Crippen molar-refractivity contribution in [1.29, 1.82) is 0 Å². The van der Waals surface area contributed by atoms with Gasteiger partial charge in [-0.25, -0.2) is 4.99 Å². The SMILES string of the molecule is CCOCCCNC(=NCc1nnc(C)n1C)NC1CCOC2(CCCC2)C1.I. The number of aliphatic imine (C=N–C) groups is 1. The molecule has 1 aromatic rings. The Hall–Kier alpha value is -0.940. The quantitative estimate of drug-likeness (QED) is 0.237. The minimum atomic E-state index is 0. The Morgan fingerprint density at radius 3 is 2.83 bits per heavy atom. The monoisotopic (exact) mass is 520 g/mol. The molecule has 2 aliphatic rings. The van der Waals surface area contributed by atoms with E-state index in [0.29, 0.717) is 12.6 Å². The molecule has 1 aliphatic heterocycles. The highest BCUT2D eigenvalue weighted by atomic mass is 127. The fraction of sp³-hybridized carbons (Fsp3) is 0.850. The molecule has 1 aromatic heterocycles. The van der Waals surface area contributed by atoms with E-state index in [0.717, 1.165) is 63.2 Å². The van der Waals surface area contributed by atoms with Crippen LogP contribution in [0.5, 0.6) is 0 Å². The Morgan fingerprint density at radius 1 is 1.34 bits per heavy atom. The standard InChI is InChI=1S/C20H36N6O2.HI/c1-4-27-12-7-11-21-19(22-15-18-25-24-16(2)26(18)3)23-17-8-13-28-20(14-17)9-5-6-10-20;/h17H,4-15H2,1-3H3,(H2,21,22,23);1H. The van der Waals surface area contributed by atoms with Crippen molar-refractivity contribution in [2.75, 3.05) is 26.4 Å². The first-order chi connectivity index (χ1) is 13.6. The summed E-state index contributed by atoms with van der Waals surface area (Å²) in [5.74, 6) is 2.61. The molecule has 1 spiro atoms. The van der Waals surface area contributed by atoms with E-state index in [4.69, 9.17) is 14.5 Å². The summed E-state index contributed by atoms with van der Waals surface area (Å²) < 4.78 is 13.6. The molecule has 1 atom stereocenters. The highest BCUT2D eigenvalue weighted by molar-refractivity contribution is 14.0. The molecular weight excluding hydrogens is 483 g/mol. The summed E-state index contributed by atoms with van der Waals surface area (Å²) in [6.07, 6.45) is 7.99. The lowest BCUT2D eigenvalue weighted by Crippen LogP contribution is -2.50. The van der Waals surface area contributed by atoms with Gasteiger partial charge in [-0.2, -0.15) is 0 Å². The van der Waals surface area contributed by atoms with E-state index < -0.39 is 0 Å². The van der Waals surface area contributed by atoms with Crippen molar-refractivity contribution in [1.82, 2.24) is 25.4 Å². The highest BCUT2D eigenvalue weighted by Gasteiger charge is 2.40. The third kappa shape index (κ3) is 7.06. The zero-order chi connectivity index (χ0) is 19.8. The van der Waals surface area contributed by atoms with Gasteiger partial charge in [0.25, 0.3) is 0 Å². The molecular formula is C20H37IN6O2. The molecule has 0 bridgehead atoms. The first-order valence-electron chi connectivity index (χ1n) is 10.7. The van der Waals surface area contributed by atoms with Crippen molar-refractivity contribution in [3.05, 3.63) is 11.6 Å². The number of guanidine groups is 1. The smallest absolute Gasteiger partial charge is 0.191 e. The number of aryl methyl sites for hydroxylation is 1. The Morgan fingerprint density at radius 2 is 2.14 bits per heavy atom. The first kappa shape index (κ1) is 24.3. The zero-order valence-electron chi connectivity index (χ0n) is 18.1. The maximum absolute atomic E-state index is 6.17. The molecule has 0 amide bonds. The van der Waals surface area contributed by atoms with Gasteiger partial charge in [0.05, 0.1) is 5.60 Å². The minimum absolute atomic E-state index is 0. The average Bonchev–Trinajstić information content (AvgIpc) is 3.26. The van der Waals surface area contributed by atoms with Crippen molar-refractivity contribution in [3.63, 3.8) is 0 Å². The van der Waals surface area contributed by atoms with Crippen molar-refractivity contribution < 1.29 is 9.47 Å². The molecule has 1 saturated carbocycles. The second kappa shape index (κ2) is 12.0. The molecule has 1 saturated heterocycles. The molecule has 1 aliphatic carbocycles. The number of ether oxygens (including phenoxy) is 2. The molecule has 2 heterocycles. The van der Waals surface area contributed by atoms with Crippen LogP contribution in [-0.2, 0) is 23.1 Å². The number of halogens is 1. The number of nitrogens with one attached hydrogen (secondary N) is 2. The van der Waals surface area contributed by atoms with Crippen LogP contribution in [0, 0.1) is 6.92 Å². The van der Waals surface area contributed by atoms with Crippen LogP contribution in [0.4, 0.5) is 0 Å². The van der Waals surface area contributed by atoms with E-state index >= 15 is 0 Å². The summed E-state index contributed by atoms with van der Waals surface area (Å²) >= 11 is 0. The van der Waals surface area contributed by atoms with Crippen molar-refractivity contribution in [2.45, 2.75) is 77.0 Å². The molecule has 9 heteroatoms. The van der Waals surface area contributed by atoms with Crippen molar-refractivity contribution in [3.8, 4) is 0 Å². The zero-order valence-corrected chi connectivity index (χ0v) is 20.4. The minimum Gasteiger partial charge on any atom is -0.382 e. The van der Waals surface area contributed by atoms with Gasteiger partial charge < -0.3 is 24.7 Å². The van der Waals surface area contributed by atoms with Gasteiger partial charge in [0.1, 0.15) is 12.4 Å². The average molecular weight is 520 g/mol. The number of nitrogens with zero attached hydrogens (tertiary/aromatic N) is 4. The Labute approximate surface area is 191 Å².